The van der Waals surface area contributed by atoms with Crippen LogP contribution in [0.1, 0.15) is 40.0 Å². The summed E-state index contributed by atoms with van der Waals surface area (Å²) in [6, 6.07) is 31.4. The van der Waals surface area contributed by atoms with E-state index in [-0.39, 0.29) is 5.92 Å². The largest absolute Gasteiger partial charge is 0.361 e. The topological polar surface area (TPSA) is 101 Å². The molecule has 0 saturated carbocycles. The lowest BCUT2D eigenvalue weighted by Gasteiger charge is -2.21. The third kappa shape index (κ3) is 4.70. The van der Waals surface area contributed by atoms with E-state index < -0.39 is 0 Å². The highest BCUT2D eigenvalue weighted by molar-refractivity contribution is 5.83. The van der Waals surface area contributed by atoms with Crippen LogP contribution in [0.5, 0.6) is 0 Å². The molecule has 0 aliphatic heterocycles. The Balaban J connectivity index is 1.34. The second kappa shape index (κ2) is 10.9. The van der Waals surface area contributed by atoms with Crippen LogP contribution >= 0.6 is 0 Å². The first kappa shape index (κ1) is 25.0. The summed E-state index contributed by atoms with van der Waals surface area (Å²) in [5, 5.41) is 12.2. The summed E-state index contributed by atoms with van der Waals surface area (Å²) in [5.74, 6) is 1.72. The van der Waals surface area contributed by atoms with Gasteiger partial charge in [-0.1, -0.05) is 60.7 Å². The zero-order chi connectivity index (χ0) is 27.6. The predicted molar refractivity (Wildman–Crippen MR) is 163 cm³/mol. The first-order chi connectivity index (χ1) is 20.3. The molecule has 1 atom stereocenters. The Kier molecular flexibility index (Phi) is 6.62. The number of aromatic amines is 2. The molecule has 4 N–H and O–H groups in total. The monoisotopic (exact) mass is 537 g/mol. The fourth-order valence-corrected chi connectivity index (χ4v) is 5.96. The summed E-state index contributed by atoms with van der Waals surface area (Å²) in [4.78, 5) is 11.5. The fraction of sp³-hybridized carbons (Fsp3) is 0.147. The van der Waals surface area contributed by atoms with Crippen LogP contribution in [0.2, 0.25) is 0 Å². The first-order valence-electron chi connectivity index (χ1n) is 14.0. The van der Waals surface area contributed by atoms with Crippen molar-refractivity contribution in [1.29, 1.82) is 0 Å². The van der Waals surface area contributed by atoms with Gasteiger partial charge in [0, 0.05) is 59.0 Å². The van der Waals surface area contributed by atoms with E-state index in [0.29, 0.717) is 6.54 Å². The van der Waals surface area contributed by atoms with Crippen molar-refractivity contribution in [2.24, 2.45) is 5.73 Å². The van der Waals surface area contributed by atoms with Crippen LogP contribution in [-0.4, -0.2) is 29.7 Å². The van der Waals surface area contributed by atoms with Crippen molar-refractivity contribution in [2.45, 2.75) is 31.7 Å². The number of benzene rings is 3. The molecule has 3 aromatic carbocycles. The number of hydrogen-bond donors (Lipinski definition) is 3. The zero-order valence-electron chi connectivity index (χ0n) is 22.7. The molecule has 0 amide bonds. The number of nitrogens with one attached hydrogen (secondary N) is 2. The summed E-state index contributed by atoms with van der Waals surface area (Å²) < 4.78 is 2.24. The maximum Gasteiger partial charge on any atom is 0.145 e. The molecule has 0 bridgehead atoms. The SMILES string of the molecule is NCc1ncccc1[C@@H](Cc1c[nH]c2ccccc12)c1nnc(CCc2c[nH]c3ccccc23)n1-c1ccccc1. The van der Waals surface area contributed by atoms with E-state index in [0.717, 1.165) is 58.9 Å². The number of pyridine rings is 1. The number of para-hydroxylation sites is 3. The smallest absolute Gasteiger partial charge is 0.145 e. The van der Waals surface area contributed by atoms with Crippen molar-refractivity contribution in [2.75, 3.05) is 0 Å². The van der Waals surface area contributed by atoms with Gasteiger partial charge < -0.3 is 15.7 Å². The van der Waals surface area contributed by atoms with Gasteiger partial charge in [-0.3, -0.25) is 9.55 Å². The lowest BCUT2D eigenvalue weighted by molar-refractivity contribution is 0.695. The van der Waals surface area contributed by atoms with Crippen LogP contribution in [0.15, 0.2) is 110 Å². The molecule has 4 heterocycles. The molecule has 0 aliphatic carbocycles. The van der Waals surface area contributed by atoms with Crippen LogP contribution in [0.4, 0.5) is 0 Å². The Bertz CT molecular complexity index is 1930. The number of fused-ring (bicyclic) bond motifs is 2. The number of aryl methyl sites for hydroxylation is 2. The zero-order valence-corrected chi connectivity index (χ0v) is 22.7. The van der Waals surface area contributed by atoms with Gasteiger partial charge in [-0.25, -0.2) is 0 Å². The standard InChI is InChI=1S/C34H31N7/c35-20-32-28(13-8-18-36-32)29(19-24-22-38-31-15-7-5-12-27(24)31)34-40-39-33(41(34)25-9-2-1-3-10-25)17-16-23-21-37-30-14-6-4-11-26(23)30/h1-15,18,21-22,29,37-38H,16-17,19-20,35H2/t29-/m1/s1. The molecule has 0 saturated heterocycles. The highest BCUT2D eigenvalue weighted by atomic mass is 15.3. The molecule has 0 unspecified atom stereocenters. The average molecular weight is 538 g/mol. The molecule has 7 nitrogen and oxygen atoms in total. The summed E-state index contributed by atoms with van der Waals surface area (Å²) in [7, 11) is 0. The van der Waals surface area contributed by atoms with Crippen LogP contribution in [-0.2, 0) is 25.8 Å². The van der Waals surface area contributed by atoms with Gasteiger partial charge in [-0.2, -0.15) is 0 Å². The van der Waals surface area contributed by atoms with E-state index in [1.54, 1.807) is 0 Å². The van der Waals surface area contributed by atoms with Gasteiger partial charge >= 0.3 is 0 Å². The summed E-state index contributed by atoms with van der Waals surface area (Å²) in [5.41, 5.74) is 14.0. The normalized spacial score (nSPS) is 12.3. The van der Waals surface area contributed by atoms with Gasteiger partial charge in [0.2, 0.25) is 0 Å². The minimum Gasteiger partial charge on any atom is -0.361 e. The van der Waals surface area contributed by atoms with Crippen LogP contribution in [0.3, 0.4) is 0 Å². The number of nitrogens with two attached hydrogens (primary N) is 1. The molecule has 7 aromatic rings. The van der Waals surface area contributed by atoms with Gasteiger partial charge in [0.15, 0.2) is 0 Å². The van der Waals surface area contributed by atoms with Crippen molar-refractivity contribution >= 4 is 21.8 Å². The van der Waals surface area contributed by atoms with E-state index in [2.05, 4.69) is 111 Å². The number of nitrogens with zero attached hydrogens (tertiary/aromatic N) is 4. The van der Waals surface area contributed by atoms with Crippen LogP contribution in [0, 0.1) is 0 Å². The van der Waals surface area contributed by atoms with E-state index in [9.17, 15) is 0 Å². The highest BCUT2D eigenvalue weighted by Crippen LogP contribution is 2.34. The minimum absolute atomic E-state index is 0.101. The molecule has 0 fully saturated rings. The summed E-state index contributed by atoms with van der Waals surface area (Å²) in [6.07, 6.45) is 8.36. The van der Waals surface area contributed by atoms with E-state index >= 15 is 0 Å². The lowest BCUT2D eigenvalue weighted by atomic mass is 9.89. The van der Waals surface area contributed by atoms with Crippen LogP contribution in [0.25, 0.3) is 27.5 Å². The van der Waals surface area contributed by atoms with Crippen molar-refractivity contribution in [3.8, 4) is 5.69 Å². The minimum atomic E-state index is -0.101. The second-order valence-corrected chi connectivity index (χ2v) is 10.4. The number of H-pyrrole nitrogens is 2. The van der Waals surface area contributed by atoms with E-state index in [1.807, 2.05) is 18.3 Å². The molecule has 0 radical (unpaired) electrons. The number of hydrogen-bond acceptors (Lipinski definition) is 4. The molecule has 41 heavy (non-hydrogen) atoms. The Morgan fingerprint density at radius 3 is 2.15 bits per heavy atom. The van der Waals surface area contributed by atoms with E-state index in [4.69, 9.17) is 15.9 Å². The lowest BCUT2D eigenvalue weighted by Crippen LogP contribution is -2.17. The summed E-state index contributed by atoms with van der Waals surface area (Å²) in [6.45, 7) is 0.355. The quantitative estimate of drug-likeness (QED) is 0.203. The van der Waals surface area contributed by atoms with E-state index in [1.165, 1.54) is 21.9 Å². The first-order valence-corrected chi connectivity index (χ1v) is 14.0. The Hall–Kier alpha value is -5.01. The molecule has 7 heteroatoms. The van der Waals surface area contributed by atoms with Crippen molar-refractivity contribution in [3.63, 3.8) is 0 Å². The molecular weight excluding hydrogens is 506 g/mol. The maximum absolute atomic E-state index is 6.22. The second-order valence-electron chi connectivity index (χ2n) is 10.4. The third-order valence-corrected chi connectivity index (χ3v) is 7.97. The molecule has 202 valence electrons. The van der Waals surface area contributed by atoms with Crippen molar-refractivity contribution in [1.82, 2.24) is 29.7 Å². The summed E-state index contributed by atoms with van der Waals surface area (Å²) >= 11 is 0. The van der Waals surface area contributed by atoms with Gasteiger partial charge in [0.25, 0.3) is 0 Å². The molecule has 4 aromatic heterocycles. The Labute approximate surface area is 238 Å². The predicted octanol–water partition coefficient (Wildman–Crippen LogP) is 6.24. The van der Waals surface area contributed by atoms with Gasteiger partial charge in [-0.05, 0) is 59.9 Å². The highest BCUT2D eigenvalue weighted by Gasteiger charge is 2.27. The molecular formula is C34H31N7. The maximum atomic E-state index is 6.22. The van der Waals surface area contributed by atoms with Crippen molar-refractivity contribution < 1.29 is 0 Å². The Morgan fingerprint density at radius 1 is 0.707 bits per heavy atom. The number of rotatable bonds is 9. The van der Waals surface area contributed by atoms with Crippen LogP contribution < -0.4 is 5.73 Å². The molecule has 0 aliphatic rings. The molecule has 0 spiro atoms. The Morgan fingerprint density at radius 2 is 1.39 bits per heavy atom. The fourth-order valence-electron chi connectivity index (χ4n) is 5.96. The van der Waals surface area contributed by atoms with Gasteiger partial charge in [-0.15, -0.1) is 10.2 Å². The third-order valence-electron chi connectivity index (χ3n) is 7.97. The average Bonchev–Trinajstić information content (AvgIpc) is 3.76. The van der Waals surface area contributed by atoms with Crippen molar-refractivity contribution in [3.05, 3.63) is 144 Å². The number of aromatic nitrogens is 6. The molecule has 7 rings (SSSR count). The van der Waals surface area contributed by atoms with Gasteiger partial charge in [0.1, 0.15) is 11.6 Å². The van der Waals surface area contributed by atoms with Gasteiger partial charge in [0.05, 0.1) is 11.6 Å².